The Morgan fingerprint density at radius 1 is 0.769 bits per heavy atom. The molecule has 0 spiro atoms. The summed E-state index contributed by atoms with van der Waals surface area (Å²) in [5.41, 5.74) is 4.97. The van der Waals surface area contributed by atoms with Crippen LogP contribution in [0, 0.1) is 0 Å². The van der Waals surface area contributed by atoms with Crippen LogP contribution < -0.4 is 0 Å². The highest BCUT2D eigenvalue weighted by atomic mass is 35.5. The molecule has 26 heavy (non-hydrogen) atoms. The van der Waals surface area contributed by atoms with E-state index in [2.05, 4.69) is 36.4 Å². The first-order valence-corrected chi connectivity index (χ1v) is 9.35. The Hall–Kier alpha value is -2.58. The minimum absolute atomic E-state index is 0.0984. The Bertz CT molecular complexity index is 913. The van der Waals surface area contributed by atoms with Crippen molar-refractivity contribution in [3.63, 3.8) is 0 Å². The van der Waals surface area contributed by atoms with Gasteiger partial charge in [0.05, 0.1) is 0 Å². The molecule has 0 aromatic heterocycles. The third-order valence-corrected chi connectivity index (χ3v) is 5.24. The van der Waals surface area contributed by atoms with Crippen LogP contribution in [0.1, 0.15) is 23.2 Å². The zero-order valence-corrected chi connectivity index (χ0v) is 15.2. The lowest BCUT2D eigenvalue weighted by Crippen LogP contribution is -2.27. The third kappa shape index (κ3) is 3.38. The number of amides is 1. The summed E-state index contributed by atoms with van der Waals surface area (Å²) in [6.07, 6.45) is 2.18. The fraction of sp³-hybridized carbons (Fsp3) is 0.174. The van der Waals surface area contributed by atoms with E-state index in [0.717, 1.165) is 42.6 Å². The molecule has 1 amide bonds. The monoisotopic (exact) mass is 361 g/mol. The highest BCUT2D eigenvalue weighted by Crippen LogP contribution is 2.31. The summed E-state index contributed by atoms with van der Waals surface area (Å²) in [4.78, 5) is 14.6. The summed E-state index contributed by atoms with van der Waals surface area (Å²) in [5, 5.41) is 0.662. The maximum absolute atomic E-state index is 12.7. The molecule has 1 aliphatic heterocycles. The normalized spacial score (nSPS) is 13.8. The lowest BCUT2D eigenvalue weighted by atomic mass is 9.99. The first kappa shape index (κ1) is 16.9. The summed E-state index contributed by atoms with van der Waals surface area (Å²) in [5.74, 6) is 0.0984. The molecule has 3 aromatic carbocycles. The van der Waals surface area contributed by atoms with Gasteiger partial charge in [-0.2, -0.15) is 0 Å². The first-order chi connectivity index (χ1) is 12.7. The molecule has 1 heterocycles. The number of hydrogen-bond acceptors (Lipinski definition) is 1. The van der Waals surface area contributed by atoms with Gasteiger partial charge < -0.3 is 4.90 Å². The lowest BCUT2D eigenvalue weighted by molar-refractivity contribution is 0.0793. The van der Waals surface area contributed by atoms with Gasteiger partial charge in [-0.1, -0.05) is 66.2 Å². The molecule has 4 rings (SSSR count). The smallest absolute Gasteiger partial charge is 0.253 e. The molecular formula is C23H20ClNO. The van der Waals surface area contributed by atoms with E-state index in [1.807, 2.05) is 41.3 Å². The highest BCUT2D eigenvalue weighted by molar-refractivity contribution is 6.33. The van der Waals surface area contributed by atoms with E-state index in [-0.39, 0.29) is 5.91 Å². The quantitative estimate of drug-likeness (QED) is 0.567. The highest BCUT2D eigenvalue weighted by Gasteiger charge is 2.20. The van der Waals surface area contributed by atoms with E-state index >= 15 is 0 Å². The van der Waals surface area contributed by atoms with Crippen molar-refractivity contribution < 1.29 is 4.79 Å². The largest absolute Gasteiger partial charge is 0.339 e. The van der Waals surface area contributed by atoms with Gasteiger partial charge in [-0.3, -0.25) is 4.79 Å². The summed E-state index contributed by atoms with van der Waals surface area (Å²) in [6, 6.07) is 24.2. The Morgan fingerprint density at radius 2 is 1.38 bits per heavy atom. The average molecular weight is 362 g/mol. The van der Waals surface area contributed by atoms with Crippen LogP contribution in [0.3, 0.4) is 0 Å². The van der Waals surface area contributed by atoms with Gasteiger partial charge in [0.2, 0.25) is 0 Å². The summed E-state index contributed by atoms with van der Waals surface area (Å²) >= 11 is 6.43. The maximum Gasteiger partial charge on any atom is 0.253 e. The molecule has 0 unspecified atom stereocenters. The van der Waals surface area contributed by atoms with E-state index in [1.165, 1.54) is 5.56 Å². The number of carbonyl (C=O) groups is 1. The first-order valence-electron chi connectivity index (χ1n) is 8.97. The molecule has 1 saturated heterocycles. The minimum atomic E-state index is 0.0984. The van der Waals surface area contributed by atoms with Crippen molar-refractivity contribution >= 4 is 17.5 Å². The summed E-state index contributed by atoms with van der Waals surface area (Å²) in [7, 11) is 0. The Balaban J connectivity index is 1.64. The zero-order chi connectivity index (χ0) is 17.9. The van der Waals surface area contributed by atoms with Crippen molar-refractivity contribution in [2.75, 3.05) is 13.1 Å². The van der Waals surface area contributed by atoms with Crippen molar-refractivity contribution in [2.45, 2.75) is 12.8 Å². The second-order valence-corrected chi connectivity index (χ2v) is 7.04. The number of carbonyl (C=O) groups excluding carboxylic acids is 1. The van der Waals surface area contributed by atoms with Crippen molar-refractivity contribution in [3.05, 3.63) is 83.4 Å². The van der Waals surface area contributed by atoms with E-state index in [0.29, 0.717) is 10.6 Å². The molecular weight excluding hydrogens is 342 g/mol. The maximum atomic E-state index is 12.7. The Labute approximate surface area is 159 Å². The molecule has 0 bridgehead atoms. The van der Waals surface area contributed by atoms with Gasteiger partial charge >= 0.3 is 0 Å². The number of likely N-dealkylation sites (tertiary alicyclic amines) is 1. The molecule has 2 nitrogen and oxygen atoms in total. The fourth-order valence-electron chi connectivity index (χ4n) is 3.46. The molecule has 0 radical (unpaired) electrons. The molecule has 1 aliphatic rings. The molecule has 0 atom stereocenters. The van der Waals surface area contributed by atoms with Crippen LogP contribution in [0.25, 0.3) is 22.3 Å². The van der Waals surface area contributed by atoms with Crippen LogP contribution in [0.2, 0.25) is 5.02 Å². The van der Waals surface area contributed by atoms with Crippen LogP contribution in [0.5, 0.6) is 0 Å². The zero-order valence-electron chi connectivity index (χ0n) is 14.5. The van der Waals surface area contributed by atoms with Crippen LogP contribution >= 0.6 is 11.6 Å². The van der Waals surface area contributed by atoms with Crippen molar-refractivity contribution in [1.82, 2.24) is 4.90 Å². The van der Waals surface area contributed by atoms with Crippen LogP contribution in [0.15, 0.2) is 72.8 Å². The predicted octanol–water partition coefficient (Wildman–Crippen LogP) is 5.91. The summed E-state index contributed by atoms with van der Waals surface area (Å²) < 4.78 is 0. The summed E-state index contributed by atoms with van der Waals surface area (Å²) in [6.45, 7) is 1.70. The molecule has 0 aliphatic carbocycles. The molecule has 1 fully saturated rings. The Kier molecular flexibility index (Phi) is 4.77. The minimum Gasteiger partial charge on any atom is -0.339 e. The van der Waals surface area contributed by atoms with Gasteiger partial charge in [-0.25, -0.2) is 0 Å². The van der Waals surface area contributed by atoms with Gasteiger partial charge in [-0.05, 0) is 47.7 Å². The van der Waals surface area contributed by atoms with Crippen molar-refractivity contribution in [1.29, 1.82) is 0 Å². The van der Waals surface area contributed by atoms with Gasteiger partial charge in [0.25, 0.3) is 5.91 Å². The van der Waals surface area contributed by atoms with E-state index in [9.17, 15) is 4.79 Å². The van der Waals surface area contributed by atoms with Crippen LogP contribution in [-0.2, 0) is 0 Å². The number of hydrogen-bond donors (Lipinski definition) is 0. The van der Waals surface area contributed by atoms with Gasteiger partial charge in [0, 0.05) is 29.2 Å². The number of benzene rings is 3. The van der Waals surface area contributed by atoms with E-state index in [1.54, 1.807) is 0 Å². The second-order valence-electron chi connectivity index (χ2n) is 6.64. The van der Waals surface area contributed by atoms with Gasteiger partial charge in [-0.15, -0.1) is 0 Å². The number of halogens is 1. The molecule has 0 N–H and O–H groups in total. The molecule has 0 saturated carbocycles. The third-order valence-electron chi connectivity index (χ3n) is 4.91. The fourth-order valence-corrected chi connectivity index (χ4v) is 3.68. The molecule has 130 valence electrons. The molecule has 3 heteroatoms. The second kappa shape index (κ2) is 7.35. The number of rotatable bonds is 3. The standard InChI is InChI=1S/C23H20ClNO/c24-22-13-12-20(23(26)25-14-4-5-15-25)16-21(22)19-10-8-18(9-11-19)17-6-2-1-3-7-17/h1-3,6-13,16H,4-5,14-15H2. The SMILES string of the molecule is O=C(c1ccc(Cl)c(-c2ccc(-c3ccccc3)cc2)c1)N1CCCC1. The van der Waals surface area contributed by atoms with E-state index in [4.69, 9.17) is 11.6 Å². The Morgan fingerprint density at radius 3 is 2.08 bits per heavy atom. The van der Waals surface area contributed by atoms with Gasteiger partial charge in [0.1, 0.15) is 0 Å². The van der Waals surface area contributed by atoms with Crippen LogP contribution in [0.4, 0.5) is 0 Å². The van der Waals surface area contributed by atoms with Crippen molar-refractivity contribution in [3.8, 4) is 22.3 Å². The molecule has 3 aromatic rings. The van der Waals surface area contributed by atoms with Crippen LogP contribution in [-0.4, -0.2) is 23.9 Å². The van der Waals surface area contributed by atoms with E-state index < -0.39 is 0 Å². The average Bonchev–Trinajstić information content (AvgIpc) is 3.23. The lowest BCUT2D eigenvalue weighted by Gasteiger charge is -2.16. The van der Waals surface area contributed by atoms with Crippen molar-refractivity contribution in [2.24, 2.45) is 0 Å². The van der Waals surface area contributed by atoms with Gasteiger partial charge in [0.15, 0.2) is 0 Å². The predicted molar refractivity (Wildman–Crippen MR) is 107 cm³/mol. The number of nitrogens with zero attached hydrogens (tertiary/aromatic N) is 1. The topological polar surface area (TPSA) is 20.3 Å².